The monoisotopic (exact) mass is 495 g/mol. The Balaban J connectivity index is 1.42. The second kappa shape index (κ2) is 10.8. The number of nitrogens with zero attached hydrogens (tertiary/aromatic N) is 3. The Kier molecular flexibility index (Phi) is 7.93. The third-order valence-electron chi connectivity index (χ3n) is 7.79. The van der Waals surface area contributed by atoms with Crippen LogP contribution in [0, 0.1) is 20.8 Å². The summed E-state index contributed by atoms with van der Waals surface area (Å²) in [7, 11) is 0. The third-order valence-corrected chi connectivity index (χ3v) is 7.79. The minimum absolute atomic E-state index is 0.0632. The summed E-state index contributed by atoms with van der Waals surface area (Å²) < 4.78 is 6.02. The van der Waals surface area contributed by atoms with Gasteiger partial charge < -0.3 is 24.7 Å². The molecule has 2 aliphatic heterocycles. The lowest BCUT2D eigenvalue weighted by molar-refractivity contribution is -0.132. The van der Waals surface area contributed by atoms with Gasteiger partial charge in [0.05, 0.1) is 12.1 Å². The van der Waals surface area contributed by atoms with E-state index in [1.54, 1.807) is 4.90 Å². The Bertz CT molecular complexity index is 1070. The van der Waals surface area contributed by atoms with Gasteiger partial charge in [-0.3, -0.25) is 9.69 Å². The lowest BCUT2D eigenvalue weighted by Crippen LogP contribution is -2.55. The van der Waals surface area contributed by atoms with E-state index < -0.39 is 11.2 Å². The summed E-state index contributed by atoms with van der Waals surface area (Å²) in [5, 5.41) is 23.1. The fraction of sp³-hybridized carbons (Fsp3) is 0.552. The van der Waals surface area contributed by atoms with Crippen molar-refractivity contribution in [3.63, 3.8) is 0 Å². The number of aliphatic hydroxyl groups is 2. The normalized spacial score (nSPS) is 22.8. The van der Waals surface area contributed by atoms with Crippen LogP contribution in [-0.4, -0.2) is 89.5 Å². The second-order valence-electron chi connectivity index (χ2n) is 10.9. The molecule has 2 heterocycles. The fourth-order valence-electron chi connectivity index (χ4n) is 5.41. The highest BCUT2D eigenvalue weighted by molar-refractivity contribution is 5.73. The van der Waals surface area contributed by atoms with Gasteiger partial charge in [0.15, 0.2) is 0 Å². The van der Waals surface area contributed by atoms with Gasteiger partial charge in [-0.2, -0.15) is 0 Å². The molecule has 0 radical (unpaired) electrons. The first-order valence-electron chi connectivity index (χ1n) is 13.0. The van der Waals surface area contributed by atoms with Crippen molar-refractivity contribution < 1.29 is 19.7 Å². The Morgan fingerprint density at radius 1 is 0.889 bits per heavy atom. The minimum atomic E-state index is -1.24. The molecule has 2 aromatic carbocycles. The highest BCUT2D eigenvalue weighted by Gasteiger charge is 2.41. The molecule has 2 aliphatic rings. The highest BCUT2D eigenvalue weighted by atomic mass is 16.5. The van der Waals surface area contributed by atoms with Crippen LogP contribution in [0.2, 0.25) is 0 Å². The quantitative estimate of drug-likeness (QED) is 0.642. The number of hydrogen-bond acceptors (Lipinski definition) is 6. The predicted molar refractivity (Wildman–Crippen MR) is 143 cm³/mol. The van der Waals surface area contributed by atoms with Crippen LogP contribution in [0.3, 0.4) is 0 Å². The molecular weight excluding hydrogens is 454 g/mol. The fourth-order valence-corrected chi connectivity index (χ4v) is 5.41. The number of β-amino-alcohol motifs (C(OH)–C–C–N with tert-alkyl or cyclic N) is 2. The molecule has 1 atom stereocenters. The maximum atomic E-state index is 12.3. The molecule has 196 valence electrons. The molecule has 4 rings (SSSR count). The number of carbonyl (C=O) groups excluding carboxylic acids is 1. The number of hydrogen-bond donors (Lipinski definition) is 2. The molecule has 2 fully saturated rings. The summed E-state index contributed by atoms with van der Waals surface area (Å²) in [6.07, 6.45) is 1.32. The van der Waals surface area contributed by atoms with Gasteiger partial charge in [-0.1, -0.05) is 24.3 Å². The Morgan fingerprint density at radius 3 is 2.28 bits per heavy atom. The zero-order valence-corrected chi connectivity index (χ0v) is 22.2. The van der Waals surface area contributed by atoms with Crippen LogP contribution in [0.1, 0.15) is 36.5 Å². The molecule has 0 bridgehead atoms. The van der Waals surface area contributed by atoms with Crippen molar-refractivity contribution in [3.05, 3.63) is 59.2 Å². The first-order chi connectivity index (χ1) is 17.1. The molecule has 7 nitrogen and oxygen atoms in total. The summed E-state index contributed by atoms with van der Waals surface area (Å²) >= 11 is 0. The van der Waals surface area contributed by atoms with E-state index in [1.807, 2.05) is 31.2 Å². The van der Waals surface area contributed by atoms with Gasteiger partial charge >= 0.3 is 0 Å². The molecule has 2 aromatic rings. The molecule has 1 amide bonds. The van der Waals surface area contributed by atoms with Gasteiger partial charge in [-0.15, -0.1) is 0 Å². The van der Waals surface area contributed by atoms with E-state index in [2.05, 4.69) is 41.8 Å². The number of carbonyl (C=O) groups is 1. The lowest BCUT2D eigenvalue weighted by Gasteiger charge is -2.43. The Labute approximate surface area is 215 Å². The summed E-state index contributed by atoms with van der Waals surface area (Å²) in [6, 6.07) is 14.3. The standard InChI is InChI=1S/C29H41N3O4/c1-22-9-10-26(17-24(22)3)36-21-29(35)19-30(15-16-32(20-29)25(4)33)18-28(34)11-13-31(14-12-28)27-8-6-5-7-23(27)2/h5-10,17,34-35H,11-16,18-21H2,1-4H3/t29-/m1/s1. The molecule has 2 N–H and O–H groups in total. The van der Waals surface area contributed by atoms with Gasteiger partial charge in [0.25, 0.3) is 0 Å². The van der Waals surface area contributed by atoms with E-state index in [0.29, 0.717) is 44.8 Å². The van der Waals surface area contributed by atoms with E-state index in [1.165, 1.54) is 23.7 Å². The molecule has 2 saturated heterocycles. The Hall–Kier alpha value is -2.61. The average molecular weight is 496 g/mol. The second-order valence-corrected chi connectivity index (χ2v) is 10.9. The first-order valence-corrected chi connectivity index (χ1v) is 13.0. The molecular formula is C29H41N3O4. The van der Waals surface area contributed by atoms with Gasteiger partial charge in [0.1, 0.15) is 18.0 Å². The molecule has 0 spiro atoms. The van der Waals surface area contributed by atoms with Crippen molar-refractivity contribution >= 4 is 11.6 Å². The molecule has 0 aliphatic carbocycles. The van der Waals surface area contributed by atoms with E-state index in [-0.39, 0.29) is 19.1 Å². The number of benzene rings is 2. The third kappa shape index (κ3) is 6.38. The minimum Gasteiger partial charge on any atom is -0.490 e. The highest BCUT2D eigenvalue weighted by Crippen LogP contribution is 2.30. The largest absolute Gasteiger partial charge is 0.490 e. The SMILES string of the molecule is CC(=O)N1CCN(CC2(O)CCN(c3ccccc3C)CC2)C[C@](O)(COc2ccc(C)c(C)c2)C1. The van der Waals surface area contributed by atoms with Crippen LogP contribution in [0.25, 0.3) is 0 Å². The molecule has 0 unspecified atom stereocenters. The van der Waals surface area contributed by atoms with E-state index >= 15 is 0 Å². The summed E-state index contributed by atoms with van der Waals surface area (Å²) in [6.45, 7) is 11.5. The van der Waals surface area contributed by atoms with Crippen molar-refractivity contribution in [2.75, 3.05) is 57.3 Å². The van der Waals surface area contributed by atoms with Crippen molar-refractivity contribution in [2.24, 2.45) is 0 Å². The van der Waals surface area contributed by atoms with Gasteiger partial charge in [0, 0.05) is 51.9 Å². The van der Waals surface area contributed by atoms with Crippen molar-refractivity contribution in [3.8, 4) is 5.75 Å². The van der Waals surface area contributed by atoms with Crippen LogP contribution in [0.5, 0.6) is 5.75 Å². The smallest absolute Gasteiger partial charge is 0.219 e. The van der Waals surface area contributed by atoms with Crippen molar-refractivity contribution in [2.45, 2.75) is 51.7 Å². The number of ether oxygens (including phenoxy) is 1. The Morgan fingerprint density at radius 2 is 1.61 bits per heavy atom. The van der Waals surface area contributed by atoms with Crippen LogP contribution >= 0.6 is 0 Å². The maximum absolute atomic E-state index is 12.3. The van der Waals surface area contributed by atoms with Crippen LogP contribution < -0.4 is 9.64 Å². The zero-order valence-electron chi connectivity index (χ0n) is 22.2. The zero-order chi connectivity index (χ0) is 25.9. The van der Waals surface area contributed by atoms with Gasteiger partial charge in [-0.05, 0) is 68.5 Å². The van der Waals surface area contributed by atoms with Crippen LogP contribution in [0.4, 0.5) is 5.69 Å². The molecule has 0 saturated carbocycles. The number of piperidine rings is 1. The summed E-state index contributed by atoms with van der Waals surface area (Å²) in [5.41, 5.74) is 2.72. The van der Waals surface area contributed by atoms with E-state index in [0.717, 1.165) is 18.7 Å². The molecule has 0 aromatic heterocycles. The number of amides is 1. The first kappa shape index (κ1) is 26.5. The van der Waals surface area contributed by atoms with Crippen LogP contribution in [0.15, 0.2) is 42.5 Å². The van der Waals surface area contributed by atoms with E-state index in [9.17, 15) is 15.0 Å². The van der Waals surface area contributed by atoms with Gasteiger partial charge in [0.2, 0.25) is 5.91 Å². The number of rotatable bonds is 6. The predicted octanol–water partition coefficient (Wildman–Crippen LogP) is 2.92. The average Bonchev–Trinajstić information content (AvgIpc) is 2.99. The molecule has 7 heteroatoms. The van der Waals surface area contributed by atoms with Crippen molar-refractivity contribution in [1.82, 2.24) is 9.80 Å². The molecule has 36 heavy (non-hydrogen) atoms. The number of anilines is 1. The van der Waals surface area contributed by atoms with Crippen LogP contribution in [-0.2, 0) is 4.79 Å². The van der Waals surface area contributed by atoms with Gasteiger partial charge in [-0.25, -0.2) is 0 Å². The lowest BCUT2D eigenvalue weighted by atomic mass is 9.89. The number of aryl methyl sites for hydroxylation is 3. The van der Waals surface area contributed by atoms with E-state index in [4.69, 9.17) is 4.74 Å². The topological polar surface area (TPSA) is 76.5 Å². The number of para-hydroxylation sites is 1. The van der Waals surface area contributed by atoms with Crippen molar-refractivity contribution in [1.29, 1.82) is 0 Å². The maximum Gasteiger partial charge on any atom is 0.219 e. The summed E-state index contributed by atoms with van der Waals surface area (Å²) in [5.74, 6) is 0.644. The summed E-state index contributed by atoms with van der Waals surface area (Å²) in [4.78, 5) is 18.4.